The molecule has 0 radical (unpaired) electrons. The molecule has 0 aliphatic rings. The average molecular weight is 260 g/mol. The maximum Gasteiger partial charge on any atom is 0.123 e. The zero-order valence-corrected chi connectivity index (χ0v) is 11.2. The fourth-order valence-electron chi connectivity index (χ4n) is 3.11. The molecule has 0 aliphatic carbocycles. The summed E-state index contributed by atoms with van der Waals surface area (Å²) in [6.07, 6.45) is 0. The summed E-state index contributed by atoms with van der Waals surface area (Å²) >= 11 is 0. The molecule has 0 saturated heterocycles. The zero-order valence-electron chi connectivity index (χ0n) is 11.2. The molecule has 20 heavy (non-hydrogen) atoms. The van der Waals surface area contributed by atoms with E-state index < -0.39 is 0 Å². The summed E-state index contributed by atoms with van der Waals surface area (Å²) in [5.74, 6) is -0.184. The molecule has 4 rings (SSSR count). The lowest BCUT2D eigenvalue weighted by Gasteiger charge is -2.10. The fraction of sp³-hybridized carbons (Fsp3) is 0.0526. The molecule has 0 fully saturated rings. The van der Waals surface area contributed by atoms with Crippen LogP contribution in [0.15, 0.2) is 60.7 Å². The van der Waals surface area contributed by atoms with Gasteiger partial charge in [-0.1, -0.05) is 48.5 Å². The second-order valence-corrected chi connectivity index (χ2v) is 5.27. The van der Waals surface area contributed by atoms with E-state index in [0.717, 1.165) is 16.2 Å². The molecule has 4 aromatic rings. The van der Waals surface area contributed by atoms with E-state index in [-0.39, 0.29) is 5.82 Å². The summed E-state index contributed by atoms with van der Waals surface area (Å²) in [4.78, 5) is 0. The van der Waals surface area contributed by atoms with Crippen LogP contribution in [0.4, 0.5) is 4.39 Å². The van der Waals surface area contributed by atoms with E-state index in [4.69, 9.17) is 0 Å². The average Bonchev–Trinajstić information content (AvgIpc) is 2.47. The van der Waals surface area contributed by atoms with E-state index in [0.29, 0.717) is 0 Å². The first-order chi connectivity index (χ1) is 9.74. The molecule has 0 unspecified atom stereocenters. The van der Waals surface area contributed by atoms with Gasteiger partial charge in [0.25, 0.3) is 0 Å². The highest BCUT2D eigenvalue weighted by Gasteiger charge is 2.08. The van der Waals surface area contributed by atoms with Crippen LogP contribution in [0.2, 0.25) is 0 Å². The Hall–Kier alpha value is -2.41. The molecule has 0 amide bonds. The highest BCUT2D eigenvalue weighted by Crippen LogP contribution is 2.34. The molecular formula is C19H13F. The van der Waals surface area contributed by atoms with E-state index in [2.05, 4.69) is 43.3 Å². The fourth-order valence-corrected chi connectivity index (χ4v) is 3.11. The van der Waals surface area contributed by atoms with Gasteiger partial charge in [0.05, 0.1) is 0 Å². The van der Waals surface area contributed by atoms with Crippen molar-refractivity contribution in [2.75, 3.05) is 0 Å². The molecule has 0 N–H and O–H groups in total. The highest BCUT2D eigenvalue weighted by atomic mass is 19.1. The Balaban J connectivity index is 2.33. The van der Waals surface area contributed by atoms with Crippen molar-refractivity contribution in [2.45, 2.75) is 6.92 Å². The van der Waals surface area contributed by atoms with E-state index >= 15 is 0 Å². The van der Waals surface area contributed by atoms with Crippen molar-refractivity contribution in [3.8, 4) is 0 Å². The van der Waals surface area contributed by atoms with E-state index in [1.165, 1.54) is 27.8 Å². The highest BCUT2D eigenvalue weighted by molar-refractivity contribution is 6.18. The van der Waals surface area contributed by atoms with Crippen LogP contribution in [0, 0.1) is 12.7 Å². The smallest absolute Gasteiger partial charge is 0.123 e. The minimum absolute atomic E-state index is 0.184. The quantitative estimate of drug-likeness (QED) is 0.361. The first kappa shape index (κ1) is 11.4. The Morgan fingerprint density at radius 1 is 0.700 bits per heavy atom. The van der Waals surface area contributed by atoms with Gasteiger partial charge in [0.1, 0.15) is 5.82 Å². The van der Waals surface area contributed by atoms with E-state index in [9.17, 15) is 4.39 Å². The first-order valence-electron chi connectivity index (χ1n) is 6.74. The second-order valence-electron chi connectivity index (χ2n) is 5.27. The van der Waals surface area contributed by atoms with Crippen LogP contribution >= 0.6 is 0 Å². The Morgan fingerprint density at radius 3 is 2.40 bits per heavy atom. The summed E-state index contributed by atoms with van der Waals surface area (Å²) in [7, 11) is 0. The van der Waals surface area contributed by atoms with Crippen molar-refractivity contribution in [1.29, 1.82) is 0 Å². The summed E-state index contributed by atoms with van der Waals surface area (Å²) in [5.41, 5.74) is 1.23. The first-order valence-corrected chi connectivity index (χ1v) is 6.74. The van der Waals surface area contributed by atoms with Gasteiger partial charge in [-0.15, -0.1) is 0 Å². The minimum Gasteiger partial charge on any atom is -0.207 e. The lowest BCUT2D eigenvalue weighted by atomic mass is 9.93. The third kappa shape index (κ3) is 1.53. The number of fused-ring (bicyclic) bond motifs is 5. The van der Waals surface area contributed by atoms with Crippen LogP contribution in [0.25, 0.3) is 32.3 Å². The van der Waals surface area contributed by atoms with Crippen LogP contribution in [0.1, 0.15) is 5.56 Å². The third-order valence-electron chi connectivity index (χ3n) is 4.00. The predicted molar refractivity (Wildman–Crippen MR) is 83.7 cm³/mol. The predicted octanol–water partition coefficient (Wildman–Crippen LogP) is 5.59. The molecule has 0 aromatic heterocycles. The van der Waals surface area contributed by atoms with Crippen LogP contribution in [-0.4, -0.2) is 0 Å². The van der Waals surface area contributed by atoms with Gasteiger partial charge in [-0.25, -0.2) is 4.39 Å². The molecule has 0 heterocycles. The number of halogens is 1. The number of hydrogen-bond acceptors (Lipinski definition) is 0. The van der Waals surface area contributed by atoms with Gasteiger partial charge in [-0.05, 0) is 56.9 Å². The lowest BCUT2D eigenvalue weighted by molar-refractivity contribution is 0.630. The van der Waals surface area contributed by atoms with Crippen molar-refractivity contribution in [1.82, 2.24) is 0 Å². The Bertz CT molecular complexity index is 967. The maximum absolute atomic E-state index is 13.6. The largest absolute Gasteiger partial charge is 0.207 e. The number of hydrogen-bond donors (Lipinski definition) is 0. The Morgan fingerprint density at radius 2 is 1.50 bits per heavy atom. The van der Waals surface area contributed by atoms with Gasteiger partial charge in [0, 0.05) is 0 Å². The van der Waals surface area contributed by atoms with Crippen LogP contribution in [0.5, 0.6) is 0 Å². The number of aryl methyl sites for hydroxylation is 1. The van der Waals surface area contributed by atoms with Gasteiger partial charge in [0.2, 0.25) is 0 Å². The van der Waals surface area contributed by atoms with Crippen LogP contribution in [0.3, 0.4) is 0 Å². The van der Waals surface area contributed by atoms with Crippen molar-refractivity contribution in [3.05, 3.63) is 72.0 Å². The molecule has 96 valence electrons. The van der Waals surface area contributed by atoms with Crippen LogP contribution < -0.4 is 0 Å². The van der Waals surface area contributed by atoms with Gasteiger partial charge in [0.15, 0.2) is 0 Å². The van der Waals surface area contributed by atoms with Crippen molar-refractivity contribution >= 4 is 32.3 Å². The molecular weight excluding hydrogens is 247 g/mol. The zero-order chi connectivity index (χ0) is 13.7. The molecule has 0 bridgehead atoms. The summed E-state index contributed by atoms with van der Waals surface area (Å²) in [6.45, 7) is 2.12. The van der Waals surface area contributed by atoms with Crippen molar-refractivity contribution in [2.24, 2.45) is 0 Å². The summed E-state index contributed by atoms with van der Waals surface area (Å²) in [6, 6.07) is 19.7. The van der Waals surface area contributed by atoms with E-state index in [1.807, 2.05) is 12.1 Å². The van der Waals surface area contributed by atoms with Gasteiger partial charge in [-0.3, -0.25) is 0 Å². The SMILES string of the molecule is Cc1cc2ccc(F)cc2c2ccc3ccccc3c12. The lowest BCUT2D eigenvalue weighted by Crippen LogP contribution is -1.86. The molecule has 0 aliphatic heterocycles. The monoisotopic (exact) mass is 260 g/mol. The molecule has 1 heteroatoms. The summed E-state index contributed by atoms with van der Waals surface area (Å²) in [5, 5.41) is 6.87. The maximum atomic E-state index is 13.6. The van der Waals surface area contributed by atoms with Gasteiger partial charge < -0.3 is 0 Å². The van der Waals surface area contributed by atoms with E-state index in [1.54, 1.807) is 6.07 Å². The second kappa shape index (κ2) is 4.04. The van der Waals surface area contributed by atoms with Crippen LogP contribution in [-0.2, 0) is 0 Å². The summed E-state index contributed by atoms with van der Waals surface area (Å²) < 4.78 is 13.6. The molecule has 4 aromatic carbocycles. The number of rotatable bonds is 0. The number of benzene rings is 4. The molecule has 0 atom stereocenters. The third-order valence-corrected chi connectivity index (χ3v) is 4.00. The molecule has 0 spiro atoms. The molecule has 0 saturated carbocycles. The Labute approximate surface area is 116 Å². The molecule has 0 nitrogen and oxygen atoms in total. The van der Waals surface area contributed by atoms with Gasteiger partial charge >= 0.3 is 0 Å². The standard InChI is InChI=1S/C19H13F/c1-12-10-14-6-8-15(20)11-18(14)17-9-7-13-4-2-3-5-16(13)19(12)17/h2-11H,1H3. The minimum atomic E-state index is -0.184. The normalized spacial score (nSPS) is 11.5. The van der Waals surface area contributed by atoms with Crippen molar-refractivity contribution < 1.29 is 4.39 Å². The van der Waals surface area contributed by atoms with Crippen molar-refractivity contribution in [3.63, 3.8) is 0 Å². The Kier molecular flexibility index (Phi) is 2.31. The topological polar surface area (TPSA) is 0 Å². The van der Waals surface area contributed by atoms with Gasteiger partial charge in [-0.2, -0.15) is 0 Å².